The summed E-state index contributed by atoms with van der Waals surface area (Å²) in [6.07, 6.45) is 2.76. The van der Waals surface area contributed by atoms with Crippen molar-refractivity contribution in [1.29, 1.82) is 0 Å². The molecule has 1 aromatic carbocycles. The number of hydrogen-bond acceptors (Lipinski definition) is 4. The molecule has 2 aromatic rings. The standard InChI is InChI=1S/C16H16N2O3S/c19-14(20)9-13-16(21,10-5-2-1-3-6-10)18-12-8-4-7-11(12)17-15(18)22-13/h1-3,5-6,13,21H,4,7-9H2,(H,19,20)/t13-,16-/m1/s1. The Morgan fingerprint density at radius 3 is 2.86 bits per heavy atom. The van der Waals surface area contributed by atoms with Crippen molar-refractivity contribution < 1.29 is 15.0 Å². The first-order valence-electron chi connectivity index (χ1n) is 7.38. The van der Waals surface area contributed by atoms with Crippen molar-refractivity contribution in [1.82, 2.24) is 9.55 Å². The number of carboxylic acid groups (broad SMARTS) is 1. The second-order valence-electron chi connectivity index (χ2n) is 5.77. The van der Waals surface area contributed by atoms with E-state index in [-0.39, 0.29) is 6.42 Å². The lowest BCUT2D eigenvalue weighted by Crippen LogP contribution is -2.42. The molecule has 1 aliphatic carbocycles. The Labute approximate surface area is 132 Å². The van der Waals surface area contributed by atoms with Crippen molar-refractivity contribution in [2.75, 3.05) is 0 Å². The fraction of sp³-hybridized carbons (Fsp3) is 0.375. The van der Waals surface area contributed by atoms with Crippen LogP contribution in [0.5, 0.6) is 0 Å². The Bertz CT molecular complexity index is 743. The quantitative estimate of drug-likeness (QED) is 0.906. The Morgan fingerprint density at radius 1 is 1.36 bits per heavy atom. The smallest absolute Gasteiger partial charge is 0.304 e. The van der Waals surface area contributed by atoms with E-state index in [1.165, 1.54) is 11.8 Å². The molecule has 0 spiro atoms. The topological polar surface area (TPSA) is 75.3 Å². The number of aromatic nitrogens is 2. The monoisotopic (exact) mass is 316 g/mol. The molecule has 5 nitrogen and oxygen atoms in total. The molecule has 114 valence electrons. The van der Waals surface area contributed by atoms with E-state index in [2.05, 4.69) is 4.98 Å². The maximum Gasteiger partial charge on any atom is 0.304 e. The molecule has 0 unspecified atom stereocenters. The van der Waals surface area contributed by atoms with E-state index in [0.29, 0.717) is 0 Å². The predicted octanol–water partition coefficient (Wildman–Crippen LogP) is 2.01. The van der Waals surface area contributed by atoms with Gasteiger partial charge in [0.05, 0.1) is 17.4 Å². The summed E-state index contributed by atoms with van der Waals surface area (Å²) >= 11 is 1.37. The number of thioether (sulfide) groups is 1. The number of benzene rings is 1. The lowest BCUT2D eigenvalue weighted by Gasteiger charge is -2.32. The van der Waals surface area contributed by atoms with Gasteiger partial charge in [0.25, 0.3) is 0 Å². The largest absolute Gasteiger partial charge is 0.481 e. The first-order valence-corrected chi connectivity index (χ1v) is 8.26. The van der Waals surface area contributed by atoms with Crippen molar-refractivity contribution in [2.45, 2.75) is 41.8 Å². The number of carboxylic acids is 1. The first-order chi connectivity index (χ1) is 10.6. The minimum atomic E-state index is -1.34. The second-order valence-corrected chi connectivity index (χ2v) is 6.94. The van der Waals surface area contributed by atoms with Crippen LogP contribution in [0.3, 0.4) is 0 Å². The van der Waals surface area contributed by atoms with Gasteiger partial charge >= 0.3 is 5.97 Å². The summed E-state index contributed by atoms with van der Waals surface area (Å²) in [6.45, 7) is 0. The zero-order valence-electron chi connectivity index (χ0n) is 11.9. The predicted molar refractivity (Wildman–Crippen MR) is 81.9 cm³/mol. The molecule has 2 heterocycles. The van der Waals surface area contributed by atoms with Gasteiger partial charge in [-0.3, -0.25) is 9.36 Å². The summed E-state index contributed by atoms with van der Waals surface area (Å²) in [6, 6.07) is 9.33. The van der Waals surface area contributed by atoms with Crippen LogP contribution in [0.25, 0.3) is 0 Å². The molecular formula is C16H16N2O3S. The molecular weight excluding hydrogens is 300 g/mol. The van der Waals surface area contributed by atoms with Gasteiger partial charge in [0, 0.05) is 11.3 Å². The normalized spacial score (nSPS) is 26.0. The van der Waals surface area contributed by atoms with E-state index in [1.807, 2.05) is 34.9 Å². The molecule has 0 fully saturated rings. The minimum absolute atomic E-state index is 0.103. The van der Waals surface area contributed by atoms with Gasteiger partial charge in [0.2, 0.25) is 0 Å². The van der Waals surface area contributed by atoms with Crippen LogP contribution >= 0.6 is 11.8 Å². The third-order valence-corrected chi connectivity index (χ3v) is 5.71. The molecule has 2 N–H and O–H groups in total. The van der Waals surface area contributed by atoms with Gasteiger partial charge in [-0.25, -0.2) is 4.98 Å². The lowest BCUT2D eigenvalue weighted by molar-refractivity contribution is -0.138. The fourth-order valence-corrected chi connectivity index (χ4v) is 4.88. The van der Waals surface area contributed by atoms with Gasteiger partial charge in [-0.05, 0) is 19.3 Å². The fourth-order valence-electron chi connectivity index (χ4n) is 3.48. The minimum Gasteiger partial charge on any atom is -0.481 e. The van der Waals surface area contributed by atoms with E-state index in [1.54, 1.807) is 0 Å². The van der Waals surface area contributed by atoms with Gasteiger partial charge in [-0.1, -0.05) is 42.1 Å². The van der Waals surface area contributed by atoms with Crippen LogP contribution in [0.4, 0.5) is 0 Å². The van der Waals surface area contributed by atoms with E-state index in [4.69, 9.17) is 0 Å². The second kappa shape index (κ2) is 4.86. The van der Waals surface area contributed by atoms with Crippen LogP contribution in [-0.4, -0.2) is 31.0 Å². The van der Waals surface area contributed by atoms with Crippen molar-refractivity contribution >= 4 is 17.7 Å². The molecule has 0 saturated carbocycles. The Balaban J connectivity index is 1.89. The van der Waals surface area contributed by atoms with E-state index in [0.717, 1.165) is 41.4 Å². The number of aliphatic hydroxyl groups is 1. The molecule has 22 heavy (non-hydrogen) atoms. The molecule has 6 heteroatoms. The summed E-state index contributed by atoms with van der Waals surface area (Å²) in [5, 5.41) is 21.0. The Hall–Kier alpha value is -1.79. The zero-order valence-corrected chi connectivity index (χ0v) is 12.7. The van der Waals surface area contributed by atoms with Gasteiger partial charge in [-0.2, -0.15) is 0 Å². The van der Waals surface area contributed by atoms with Gasteiger partial charge in [-0.15, -0.1) is 0 Å². The maximum absolute atomic E-state index is 11.5. The number of rotatable bonds is 3. The molecule has 2 atom stereocenters. The number of carbonyl (C=O) groups is 1. The highest BCUT2D eigenvalue weighted by Gasteiger charge is 2.51. The van der Waals surface area contributed by atoms with Crippen LogP contribution in [0.1, 0.15) is 29.8 Å². The van der Waals surface area contributed by atoms with E-state index < -0.39 is 16.9 Å². The summed E-state index contributed by atoms with van der Waals surface area (Å²) < 4.78 is 1.88. The third kappa shape index (κ3) is 1.84. The van der Waals surface area contributed by atoms with Crippen molar-refractivity contribution in [2.24, 2.45) is 0 Å². The van der Waals surface area contributed by atoms with E-state index in [9.17, 15) is 15.0 Å². The number of hydrogen-bond donors (Lipinski definition) is 2. The third-order valence-electron chi connectivity index (χ3n) is 4.45. The van der Waals surface area contributed by atoms with Crippen molar-refractivity contribution in [3.8, 4) is 0 Å². The van der Waals surface area contributed by atoms with Crippen LogP contribution in [0, 0.1) is 0 Å². The zero-order chi connectivity index (χ0) is 15.3. The summed E-state index contributed by atoms with van der Waals surface area (Å²) in [5.41, 5.74) is 1.48. The SMILES string of the molecule is O=C(O)C[C@H]1Sc2nc3c(n2[C@@]1(O)c1ccccc1)CCC3. The average Bonchev–Trinajstić information content (AvgIpc) is 3.12. The Morgan fingerprint density at radius 2 is 2.14 bits per heavy atom. The van der Waals surface area contributed by atoms with Crippen LogP contribution in [0.15, 0.2) is 35.5 Å². The number of aliphatic carboxylic acids is 1. The highest BCUT2D eigenvalue weighted by Crippen LogP contribution is 2.50. The lowest BCUT2D eigenvalue weighted by atomic mass is 9.96. The molecule has 2 aliphatic rings. The molecule has 0 radical (unpaired) electrons. The highest BCUT2D eigenvalue weighted by atomic mass is 32.2. The molecule has 0 saturated heterocycles. The van der Waals surface area contributed by atoms with Crippen molar-refractivity contribution in [3.05, 3.63) is 47.3 Å². The highest BCUT2D eigenvalue weighted by molar-refractivity contribution is 8.00. The molecule has 0 bridgehead atoms. The van der Waals surface area contributed by atoms with Crippen LogP contribution in [0.2, 0.25) is 0 Å². The van der Waals surface area contributed by atoms with E-state index >= 15 is 0 Å². The molecule has 1 aliphatic heterocycles. The van der Waals surface area contributed by atoms with Crippen LogP contribution in [-0.2, 0) is 23.4 Å². The van der Waals surface area contributed by atoms with Crippen LogP contribution < -0.4 is 0 Å². The van der Waals surface area contributed by atoms with Gasteiger partial charge in [0.15, 0.2) is 10.9 Å². The number of fused-ring (bicyclic) bond motifs is 3. The van der Waals surface area contributed by atoms with Gasteiger partial charge < -0.3 is 10.2 Å². The molecule has 1 aromatic heterocycles. The average molecular weight is 316 g/mol. The first kappa shape index (κ1) is 13.8. The number of nitrogens with zero attached hydrogens (tertiary/aromatic N) is 2. The van der Waals surface area contributed by atoms with Gasteiger partial charge in [0.1, 0.15) is 0 Å². The molecule has 0 amide bonds. The maximum atomic E-state index is 11.5. The van der Waals surface area contributed by atoms with Crippen molar-refractivity contribution in [3.63, 3.8) is 0 Å². The summed E-state index contributed by atoms with van der Waals surface area (Å²) in [7, 11) is 0. The number of imidazole rings is 1. The summed E-state index contributed by atoms with van der Waals surface area (Å²) in [5.74, 6) is -0.908. The number of aryl methyl sites for hydroxylation is 1. The summed E-state index contributed by atoms with van der Waals surface area (Å²) in [4.78, 5) is 15.8. The Kier molecular flexibility index (Phi) is 3.06. The molecule has 4 rings (SSSR count).